The Morgan fingerprint density at radius 2 is 2.06 bits per heavy atom. The average Bonchev–Trinajstić information content (AvgIpc) is 2.75. The fraction of sp³-hybridized carbons (Fsp3) is 0.231. The number of halogens is 1. The Labute approximate surface area is 114 Å². The number of aryl methyl sites for hydroxylation is 1. The van der Waals surface area contributed by atoms with Gasteiger partial charge in [0.15, 0.2) is 0 Å². The first-order valence-electron chi connectivity index (χ1n) is 5.38. The maximum atomic E-state index is 5.96. The Balaban J connectivity index is 2.18. The predicted molar refractivity (Wildman–Crippen MR) is 75.6 cm³/mol. The van der Waals surface area contributed by atoms with Crippen LogP contribution in [0.25, 0.3) is 0 Å². The first-order chi connectivity index (χ1) is 8.20. The van der Waals surface area contributed by atoms with Gasteiger partial charge in [-0.1, -0.05) is 18.2 Å². The van der Waals surface area contributed by atoms with Gasteiger partial charge < -0.3 is 10.5 Å². The van der Waals surface area contributed by atoms with Gasteiger partial charge in [-0.2, -0.15) is 0 Å². The van der Waals surface area contributed by atoms with Crippen LogP contribution in [0.5, 0.6) is 5.75 Å². The molecule has 0 amide bonds. The molecule has 1 unspecified atom stereocenters. The van der Waals surface area contributed by atoms with Crippen LogP contribution in [0.15, 0.2) is 40.2 Å². The molecule has 4 heteroatoms. The Morgan fingerprint density at radius 3 is 2.65 bits per heavy atom. The second-order valence-electron chi connectivity index (χ2n) is 3.75. The van der Waals surface area contributed by atoms with Crippen molar-refractivity contribution in [1.29, 1.82) is 0 Å². The van der Waals surface area contributed by atoms with Gasteiger partial charge in [0.05, 0.1) is 3.79 Å². The summed E-state index contributed by atoms with van der Waals surface area (Å²) in [5, 5.41) is 0. The highest BCUT2D eigenvalue weighted by Gasteiger charge is 2.14. The van der Waals surface area contributed by atoms with Crippen molar-refractivity contribution in [2.75, 3.05) is 6.54 Å². The SMILES string of the molecule is Cc1ccccc1OC(CN)c1ccc(Br)s1. The third kappa shape index (κ3) is 3.09. The van der Waals surface area contributed by atoms with Gasteiger partial charge in [-0.15, -0.1) is 11.3 Å². The highest BCUT2D eigenvalue weighted by molar-refractivity contribution is 9.11. The summed E-state index contributed by atoms with van der Waals surface area (Å²) in [5.74, 6) is 0.896. The molecule has 1 aromatic carbocycles. The van der Waals surface area contributed by atoms with Crippen LogP contribution in [0, 0.1) is 6.92 Å². The Kier molecular flexibility index (Phi) is 4.20. The number of rotatable bonds is 4. The lowest BCUT2D eigenvalue weighted by Gasteiger charge is -2.17. The molecule has 2 rings (SSSR count). The molecule has 2 N–H and O–H groups in total. The van der Waals surface area contributed by atoms with Gasteiger partial charge in [-0.05, 0) is 46.6 Å². The van der Waals surface area contributed by atoms with E-state index in [9.17, 15) is 0 Å². The van der Waals surface area contributed by atoms with E-state index in [0.717, 1.165) is 20.0 Å². The molecule has 0 radical (unpaired) electrons. The van der Waals surface area contributed by atoms with Crippen LogP contribution in [-0.2, 0) is 0 Å². The van der Waals surface area contributed by atoms with E-state index in [0.29, 0.717) is 6.54 Å². The van der Waals surface area contributed by atoms with E-state index in [1.807, 2.05) is 43.3 Å². The smallest absolute Gasteiger partial charge is 0.145 e. The van der Waals surface area contributed by atoms with Crippen LogP contribution in [0.2, 0.25) is 0 Å². The third-order valence-electron chi connectivity index (χ3n) is 2.49. The Hall–Kier alpha value is -0.840. The summed E-state index contributed by atoms with van der Waals surface area (Å²) in [6.07, 6.45) is -0.0765. The molecule has 90 valence electrons. The van der Waals surface area contributed by atoms with E-state index in [-0.39, 0.29) is 6.10 Å². The number of benzene rings is 1. The molecule has 1 aromatic heterocycles. The number of thiophene rings is 1. The third-order valence-corrected chi connectivity index (χ3v) is 4.20. The molecular formula is C13H14BrNOS. The molecule has 17 heavy (non-hydrogen) atoms. The van der Waals surface area contributed by atoms with Crippen molar-refractivity contribution in [2.24, 2.45) is 5.73 Å². The van der Waals surface area contributed by atoms with Gasteiger partial charge in [-0.3, -0.25) is 0 Å². The fourth-order valence-electron chi connectivity index (χ4n) is 1.57. The molecule has 2 nitrogen and oxygen atoms in total. The van der Waals surface area contributed by atoms with Crippen molar-refractivity contribution in [3.63, 3.8) is 0 Å². The van der Waals surface area contributed by atoms with E-state index < -0.39 is 0 Å². The van der Waals surface area contributed by atoms with Gasteiger partial charge in [0.1, 0.15) is 11.9 Å². The summed E-state index contributed by atoms with van der Waals surface area (Å²) in [5.41, 5.74) is 6.90. The van der Waals surface area contributed by atoms with Crippen LogP contribution in [-0.4, -0.2) is 6.54 Å². The molecule has 0 spiro atoms. The van der Waals surface area contributed by atoms with Crippen molar-refractivity contribution in [3.05, 3.63) is 50.6 Å². The first kappa shape index (κ1) is 12.6. The van der Waals surface area contributed by atoms with Gasteiger partial charge in [0.25, 0.3) is 0 Å². The normalized spacial score (nSPS) is 12.4. The Morgan fingerprint density at radius 1 is 1.29 bits per heavy atom. The quantitative estimate of drug-likeness (QED) is 0.929. The lowest BCUT2D eigenvalue weighted by atomic mass is 10.2. The van der Waals surface area contributed by atoms with Crippen LogP contribution in [0.4, 0.5) is 0 Å². The molecule has 0 saturated carbocycles. The average molecular weight is 312 g/mol. The van der Waals surface area contributed by atoms with Crippen LogP contribution >= 0.6 is 27.3 Å². The number of hydrogen-bond donors (Lipinski definition) is 1. The molecule has 0 fully saturated rings. The number of para-hydroxylation sites is 1. The van der Waals surface area contributed by atoms with Crippen LogP contribution in [0.1, 0.15) is 16.5 Å². The monoisotopic (exact) mass is 311 g/mol. The topological polar surface area (TPSA) is 35.2 Å². The molecule has 0 aliphatic carbocycles. The highest BCUT2D eigenvalue weighted by atomic mass is 79.9. The van der Waals surface area contributed by atoms with Crippen molar-refractivity contribution in [1.82, 2.24) is 0 Å². The van der Waals surface area contributed by atoms with Crippen molar-refractivity contribution in [3.8, 4) is 5.75 Å². The van der Waals surface area contributed by atoms with Gasteiger partial charge >= 0.3 is 0 Å². The van der Waals surface area contributed by atoms with E-state index in [1.165, 1.54) is 0 Å². The van der Waals surface area contributed by atoms with Crippen molar-refractivity contribution in [2.45, 2.75) is 13.0 Å². The van der Waals surface area contributed by atoms with Gasteiger partial charge in [0, 0.05) is 11.4 Å². The molecule has 0 aliphatic heterocycles. The molecule has 1 atom stereocenters. The largest absolute Gasteiger partial charge is 0.483 e. The van der Waals surface area contributed by atoms with E-state index in [2.05, 4.69) is 15.9 Å². The number of nitrogens with two attached hydrogens (primary N) is 1. The van der Waals surface area contributed by atoms with Gasteiger partial charge in [0.2, 0.25) is 0 Å². The molecule has 0 saturated heterocycles. The lowest BCUT2D eigenvalue weighted by molar-refractivity contribution is 0.216. The standard InChI is InChI=1S/C13H14BrNOS/c1-9-4-2-3-5-10(9)16-11(8-15)12-6-7-13(14)17-12/h2-7,11H,8,15H2,1H3. The minimum Gasteiger partial charge on any atom is -0.483 e. The summed E-state index contributed by atoms with van der Waals surface area (Å²) in [7, 11) is 0. The van der Waals surface area contributed by atoms with Crippen molar-refractivity contribution < 1.29 is 4.74 Å². The Bertz CT molecular complexity index is 498. The van der Waals surface area contributed by atoms with Crippen molar-refractivity contribution >= 4 is 27.3 Å². The molecule has 0 aliphatic rings. The fourth-order valence-corrected chi connectivity index (χ4v) is 3.03. The van der Waals surface area contributed by atoms with E-state index >= 15 is 0 Å². The zero-order chi connectivity index (χ0) is 12.3. The summed E-state index contributed by atoms with van der Waals surface area (Å²) in [6.45, 7) is 2.51. The lowest BCUT2D eigenvalue weighted by Crippen LogP contribution is -2.17. The summed E-state index contributed by atoms with van der Waals surface area (Å²) in [6, 6.07) is 12.0. The molecular weight excluding hydrogens is 298 g/mol. The van der Waals surface area contributed by atoms with E-state index in [1.54, 1.807) is 11.3 Å². The second kappa shape index (κ2) is 5.67. The maximum Gasteiger partial charge on any atom is 0.145 e. The number of ether oxygens (including phenoxy) is 1. The molecule has 0 bridgehead atoms. The summed E-state index contributed by atoms with van der Waals surface area (Å²) >= 11 is 5.11. The highest BCUT2D eigenvalue weighted by Crippen LogP contribution is 2.31. The summed E-state index contributed by atoms with van der Waals surface area (Å²) < 4.78 is 7.05. The van der Waals surface area contributed by atoms with E-state index in [4.69, 9.17) is 10.5 Å². The maximum absolute atomic E-state index is 5.96. The zero-order valence-corrected chi connectivity index (χ0v) is 11.9. The second-order valence-corrected chi connectivity index (χ2v) is 6.24. The van der Waals surface area contributed by atoms with Crippen LogP contribution < -0.4 is 10.5 Å². The molecule has 1 heterocycles. The minimum absolute atomic E-state index is 0.0765. The first-order valence-corrected chi connectivity index (χ1v) is 6.99. The minimum atomic E-state index is -0.0765. The molecule has 2 aromatic rings. The predicted octanol–water partition coefficient (Wildman–Crippen LogP) is 3.90. The van der Waals surface area contributed by atoms with Gasteiger partial charge in [-0.25, -0.2) is 0 Å². The van der Waals surface area contributed by atoms with Crippen LogP contribution in [0.3, 0.4) is 0 Å². The summed E-state index contributed by atoms with van der Waals surface area (Å²) in [4.78, 5) is 1.14. The zero-order valence-electron chi connectivity index (χ0n) is 9.52. The number of hydrogen-bond acceptors (Lipinski definition) is 3.